The molecular formula is C17H19BrN2O. The fourth-order valence-corrected chi connectivity index (χ4v) is 3.30. The van der Waals surface area contributed by atoms with E-state index in [1.54, 1.807) is 0 Å². The van der Waals surface area contributed by atoms with E-state index in [0.717, 1.165) is 29.5 Å². The van der Waals surface area contributed by atoms with Gasteiger partial charge in [-0.15, -0.1) is 0 Å². The monoisotopic (exact) mass is 346 g/mol. The van der Waals surface area contributed by atoms with Crippen LogP contribution in [0.1, 0.15) is 23.7 Å². The number of aryl methyl sites for hydroxylation is 1. The molecule has 110 valence electrons. The zero-order valence-electron chi connectivity index (χ0n) is 12.1. The van der Waals surface area contributed by atoms with E-state index in [1.165, 1.54) is 5.56 Å². The molecule has 0 amide bonds. The molecule has 1 aliphatic rings. The molecule has 2 heterocycles. The molecule has 2 aromatic rings. The number of ether oxygens (including phenoxy) is 1. The third-order valence-corrected chi connectivity index (χ3v) is 4.41. The van der Waals surface area contributed by atoms with Crippen molar-refractivity contribution in [1.29, 1.82) is 0 Å². The number of aromatic nitrogens is 1. The van der Waals surface area contributed by atoms with Gasteiger partial charge in [-0.25, -0.2) is 4.98 Å². The van der Waals surface area contributed by atoms with Crippen LogP contribution in [-0.2, 0) is 0 Å². The molecule has 1 unspecified atom stereocenters. The normalized spacial score (nSPS) is 19.4. The van der Waals surface area contributed by atoms with Crippen LogP contribution in [0.3, 0.4) is 0 Å². The number of pyridine rings is 1. The molecule has 3 rings (SSSR count). The van der Waals surface area contributed by atoms with Gasteiger partial charge in [-0.05, 0) is 53.0 Å². The number of hydrogen-bond acceptors (Lipinski definition) is 3. The fourth-order valence-electron chi connectivity index (χ4n) is 2.74. The van der Waals surface area contributed by atoms with Gasteiger partial charge in [0.2, 0.25) is 5.88 Å². The first-order valence-electron chi connectivity index (χ1n) is 7.28. The van der Waals surface area contributed by atoms with E-state index in [0.29, 0.717) is 11.8 Å². The molecule has 0 bridgehead atoms. The molecule has 1 aliphatic heterocycles. The summed E-state index contributed by atoms with van der Waals surface area (Å²) < 4.78 is 7.18. The molecule has 0 saturated carbocycles. The van der Waals surface area contributed by atoms with Crippen LogP contribution in [-0.4, -0.2) is 18.1 Å². The van der Waals surface area contributed by atoms with E-state index < -0.39 is 0 Å². The molecule has 4 heteroatoms. The van der Waals surface area contributed by atoms with Gasteiger partial charge >= 0.3 is 0 Å². The number of benzene rings is 1. The van der Waals surface area contributed by atoms with Gasteiger partial charge in [0.15, 0.2) is 0 Å². The Balaban J connectivity index is 1.88. The van der Waals surface area contributed by atoms with Crippen LogP contribution in [0.2, 0.25) is 0 Å². The zero-order valence-corrected chi connectivity index (χ0v) is 13.6. The Morgan fingerprint density at radius 2 is 2.14 bits per heavy atom. The molecule has 3 nitrogen and oxygen atoms in total. The number of hydrogen-bond donors (Lipinski definition) is 1. The van der Waals surface area contributed by atoms with Gasteiger partial charge in [-0.3, -0.25) is 0 Å². The minimum Gasteiger partial charge on any atom is -0.468 e. The second kappa shape index (κ2) is 6.58. The molecular weight excluding hydrogens is 328 g/mol. The van der Waals surface area contributed by atoms with Gasteiger partial charge in [0.05, 0.1) is 4.47 Å². The van der Waals surface area contributed by atoms with Crippen molar-refractivity contribution in [2.75, 3.05) is 13.1 Å². The van der Waals surface area contributed by atoms with Crippen molar-refractivity contribution >= 4 is 15.9 Å². The van der Waals surface area contributed by atoms with Crippen molar-refractivity contribution in [2.45, 2.75) is 19.4 Å². The van der Waals surface area contributed by atoms with Crippen molar-refractivity contribution in [2.24, 2.45) is 5.92 Å². The Labute approximate surface area is 133 Å². The number of nitrogens with zero attached hydrogens (tertiary/aromatic N) is 1. The largest absolute Gasteiger partial charge is 0.468 e. The van der Waals surface area contributed by atoms with E-state index in [-0.39, 0.29) is 6.10 Å². The quantitative estimate of drug-likeness (QED) is 0.911. The molecule has 0 radical (unpaired) electrons. The summed E-state index contributed by atoms with van der Waals surface area (Å²) in [6, 6.07) is 12.5. The Bertz CT molecular complexity index is 597. The van der Waals surface area contributed by atoms with E-state index in [1.807, 2.05) is 25.3 Å². The maximum Gasteiger partial charge on any atom is 0.228 e. The maximum atomic E-state index is 6.27. The summed E-state index contributed by atoms with van der Waals surface area (Å²) in [5.41, 5.74) is 2.33. The minimum atomic E-state index is 0.0349. The lowest BCUT2D eigenvalue weighted by molar-refractivity contribution is 0.137. The SMILES string of the molecule is Cc1cnc(O[C@H](c2ccccc2)C2CCNC2)c(Br)c1. The molecule has 1 aromatic heterocycles. The van der Waals surface area contributed by atoms with E-state index >= 15 is 0 Å². The highest BCUT2D eigenvalue weighted by Crippen LogP contribution is 2.34. The summed E-state index contributed by atoms with van der Waals surface area (Å²) in [5.74, 6) is 1.14. The van der Waals surface area contributed by atoms with Gasteiger partial charge in [0, 0.05) is 18.7 Å². The predicted octanol–water partition coefficient (Wildman–Crippen LogP) is 3.88. The molecule has 0 spiro atoms. The summed E-state index contributed by atoms with van der Waals surface area (Å²) in [5, 5.41) is 3.42. The summed E-state index contributed by atoms with van der Waals surface area (Å²) in [4.78, 5) is 4.43. The zero-order chi connectivity index (χ0) is 14.7. The van der Waals surface area contributed by atoms with Crippen LogP contribution < -0.4 is 10.1 Å². The molecule has 1 fully saturated rings. The van der Waals surface area contributed by atoms with Gasteiger partial charge < -0.3 is 10.1 Å². The summed E-state index contributed by atoms with van der Waals surface area (Å²) >= 11 is 3.55. The van der Waals surface area contributed by atoms with Crippen molar-refractivity contribution in [3.8, 4) is 5.88 Å². The Morgan fingerprint density at radius 3 is 2.81 bits per heavy atom. The van der Waals surface area contributed by atoms with Gasteiger partial charge in [-0.1, -0.05) is 30.3 Å². The molecule has 1 saturated heterocycles. The van der Waals surface area contributed by atoms with Crippen LogP contribution in [0.15, 0.2) is 47.1 Å². The number of nitrogens with one attached hydrogen (secondary N) is 1. The van der Waals surface area contributed by atoms with Crippen LogP contribution in [0.4, 0.5) is 0 Å². The lowest BCUT2D eigenvalue weighted by Crippen LogP contribution is -2.21. The molecule has 0 aliphatic carbocycles. The Morgan fingerprint density at radius 1 is 1.33 bits per heavy atom. The topological polar surface area (TPSA) is 34.1 Å². The Hall–Kier alpha value is -1.39. The van der Waals surface area contributed by atoms with Crippen LogP contribution in [0.25, 0.3) is 0 Å². The fraction of sp³-hybridized carbons (Fsp3) is 0.353. The average Bonchev–Trinajstić information content (AvgIpc) is 3.01. The van der Waals surface area contributed by atoms with E-state index in [4.69, 9.17) is 4.74 Å². The third kappa shape index (κ3) is 3.44. The first kappa shape index (κ1) is 14.5. The highest BCUT2D eigenvalue weighted by atomic mass is 79.9. The summed E-state index contributed by atoms with van der Waals surface area (Å²) in [6.07, 6.45) is 3.01. The van der Waals surface area contributed by atoms with Gasteiger partial charge in [0.25, 0.3) is 0 Å². The summed E-state index contributed by atoms with van der Waals surface area (Å²) in [6.45, 7) is 4.07. The number of rotatable bonds is 4. The van der Waals surface area contributed by atoms with E-state index in [2.05, 4.69) is 50.5 Å². The van der Waals surface area contributed by atoms with Crippen molar-refractivity contribution in [3.05, 3.63) is 58.2 Å². The second-order valence-electron chi connectivity index (χ2n) is 5.50. The average molecular weight is 347 g/mol. The van der Waals surface area contributed by atoms with E-state index in [9.17, 15) is 0 Å². The predicted molar refractivity (Wildman–Crippen MR) is 87.5 cm³/mol. The maximum absolute atomic E-state index is 6.27. The summed E-state index contributed by atoms with van der Waals surface area (Å²) in [7, 11) is 0. The lowest BCUT2D eigenvalue weighted by atomic mass is 9.95. The first-order chi connectivity index (χ1) is 10.2. The van der Waals surface area contributed by atoms with Crippen LogP contribution >= 0.6 is 15.9 Å². The highest BCUT2D eigenvalue weighted by molar-refractivity contribution is 9.10. The molecule has 1 aromatic carbocycles. The van der Waals surface area contributed by atoms with Crippen LogP contribution in [0, 0.1) is 12.8 Å². The van der Waals surface area contributed by atoms with Crippen LogP contribution in [0.5, 0.6) is 5.88 Å². The van der Waals surface area contributed by atoms with Gasteiger partial charge in [-0.2, -0.15) is 0 Å². The molecule has 21 heavy (non-hydrogen) atoms. The molecule has 1 N–H and O–H groups in total. The minimum absolute atomic E-state index is 0.0349. The molecule has 2 atom stereocenters. The Kier molecular flexibility index (Phi) is 4.56. The standard InChI is InChI=1S/C17H19BrN2O/c1-12-9-15(18)17(20-10-12)21-16(14-7-8-19-11-14)13-5-3-2-4-6-13/h2-6,9-10,14,16,19H,7-8,11H2,1H3/t14?,16-/m1/s1. The van der Waals surface area contributed by atoms with Gasteiger partial charge in [0.1, 0.15) is 6.10 Å². The van der Waals surface area contributed by atoms with Crippen molar-refractivity contribution in [3.63, 3.8) is 0 Å². The third-order valence-electron chi connectivity index (χ3n) is 3.84. The smallest absolute Gasteiger partial charge is 0.228 e. The van der Waals surface area contributed by atoms with Crippen molar-refractivity contribution in [1.82, 2.24) is 10.3 Å². The second-order valence-corrected chi connectivity index (χ2v) is 6.36. The highest BCUT2D eigenvalue weighted by Gasteiger charge is 2.28. The lowest BCUT2D eigenvalue weighted by Gasteiger charge is -2.24. The van der Waals surface area contributed by atoms with Crippen molar-refractivity contribution < 1.29 is 4.74 Å². The number of halogens is 1. The first-order valence-corrected chi connectivity index (χ1v) is 8.08.